The van der Waals surface area contributed by atoms with Gasteiger partial charge >= 0.3 is 0 Å². The molecule has 2 heterocycles. The number of aliphatic imine (C=N–C) groups is 2. The van der Waals surface area contributed by atoms with Crippen LogP contribution in [0.15, 0.2) is 214 Å². The van der Waals surface area contributed by atoms with Gasteiger partial charge in [0.2, 0.25) is 0 Å². The Morgan fingerprint density at radius 3 is 2.18 bits per heavy atom. The first-order valence-electron chi connectivity index (χ1n) is 19.7. The summed E-state index contributed by atoms with van der Waals surface area (Å²) < 4.78 is 6.75. The van der Waals surface area contributed by atoms with Crippen LogP contribution in [-0.4, -0.2) is 11.5 Å². The largest absolute Gasteiger partial charge is 0.456 e. The number of anilines is 3. The van der Waals surface area contributed by atoms with E-state index in [2.05, 4.69) is 199 Å². The minimum absolute atomic E-state index is 0.0499. The molecule has 1 aliphatic heterocycles. The third-order valence-corrected chi connectivity index (χ3v) is 11.2. The molecular formula is C52H41N3O. The van der Waals surface area contributed by atoms with Crippen LogP contribution in [0.3, 0.4) is 0 Å². The van der Waals surface area contributed by atoms with Crippen LogP contribution in [0.2, 0.25) is 0 Å². The first-order valence-corrected chi connectivity index (χ1v) is 19.7. The number of benzene rings is 6. The van der Waals surface area contributed by atoms with Crippen molar-refractivity contribution in [1.82, 2.24) is 0 Å². The smallest absolute Gasteiger partial charge is 0.155 e. The molecule has 3 unspecified atom stereocenters. The van der Waals surface area contributed by atoms with E-state index in [1.165, 1.54) is 11.1 Å². The maximum Gasteiger partial charge on any atom is 0.155 e. The van der Waals surface area contributed by atoms with Gasteiger partial charge in [-0.2, -0.15) is 0 Å². The van der Waals surface area contributed by atoms with Gasteiger partial charge in [0.1, 0.15) is 11.2 Å². The molecule has 1 aromatic heterocycles. The Bertz CT molecular complexity index is 2730. The molecule has 4 nitrogen and oxygen atoms in total. The van der Waals surface area contributed by atoms with Crippen molar-refractivity contribution in [3.63, 3.8) is 0 Å². The molecule has 4 heteroatoms. The van der Waals surface area contributed by atoms with Crippen molar-refractivity contribution >= 4 is 50.5 Å². The topological polar surface area (TPSA) is 41.1 Å². The van der Waals surface area contributed by atoms with Gasteiger partial charge in [0.15, 0.2) is 5.84 Å². The third-order valence-electron chi connectivity index (χ3n) is 11.2. The van der Waals surface area contributed by atoms with Gasteiger partial charge in [0, 0.05) is 56.7 Å². The minimum Gasteiger partial charge on any atom is -0.456 e. The average Bonchev–Trinajstić information content (AvgIpc) is 3.63. The van der Waals surface area contributed by atoms with E-state index in [1.54, 1.807) is 0 Å². The fourth-order valence-corrected chi connectivity index (χ4v) is 8.49. The molecule has 3 aliphatic rings. The molecule has 270 valence electrons. The monoisotopic (exact) mass is 723 g/mol. The number of fused-ring (bicyclic) bond motifs is 4. The van der Waals surface area contributed by atoms with Gasteiger partial charge in [-0.1, -0.05) is 152 Å². The van der Waals surface area contributed by atoms with Crippen molar-refractivity contribution in [3.05, 3.63) is 211 Å². The molecule has 0 N–H and O–H groups in total. The summed E-state index contributed by atoms with van der Waals surface area (Å²) in [4.78, 5) is 13.3. The van der Waals surface area contributed by atoms with Crippen LogP contribution in [0.25, 0.3) is 33.1 Å². The molecule has 6 aromatic carbocycles. The number of furan rings is 1. The van der Waals surface area contributed by atoms with Crippen molar-refractivity contribution in [2.24, 2.45) is 21.8 Å². The Morgan fingerprint density at radius 1 is 0.607 bits per heavy atom. The van der Waals surface area contributed by atoms with E-state index in [0.717, 1.165) is 86.5 Å². The van der Waals surface area contributed by atoms with Crippen LogP contribution in [-0.2, 0) is 0 Å². The van der Waals surface area contributed by atoms with Crippen LogP contribution in [0.1, 0.15) is 36.4 Å². The van der Waals surface area contributed by atoms with Gasteiger partial charge in [-0.25, -0.2) is 4.99 Å². The van der Waals surface area contributed by atoms with Gasteiger partial charge in [-0.3, -0.25) is 4.99 Å². The lowest BCUT2D eigenvalue weighted by molar-refractivity contribution is 0.621. The van der Waals surface area contributed by atoms with Crippen LogP contribution >= 0.6 is 0 Å². The summed E-state index contributed by atoms with van der Waals surface area (Å²) in [6.07, 6.45) is 18.5. The van der Waals surface area contributed by atoms with Crippen molar-refractivity contribution in [2.45, 2.75) is 25.3 Å². The Hall–Kier alpha value is -6.78. The summed E-state index contributed by atoms with van der Waals surface area (Å²) in [5, 5.41) is 2.17. The zero-order chi connectivity index (χ0) is 37.3. The molecule has 0 amide bonds. The Kier molecular flexibility index (Phi) is 8.93. The predicted octanol–water partition coefficient (Wildman–Crippen LogP) is 13.7. The summed E-state index contributed by atoms with van der Waals surface area (Å²) in [5.74, 6) is 1.47. The zero-order valence-corrected chi connectivity index (χ0v) is 31.1. The van der Waals surface area contributed by atoms with Crippen molar-refractivity contribution in [1.29, 1.82) is 0 Å². The number of allylic oxidation sites excluding steroid dienone is 6. The number of nitrogens with zero attached hydrogens (tertiary/aromatic N) is 3. The molecule has 10 rings (SSSR count). The second kappa shape index (κ2) is 14.8. The number of hydrogen-bond acceptors (Lipinski definition) is 4. The summed E-state index contributed by atoms with van der Waals surface area (Å²) in [7, 11) is 0. The highest BCUT2D eigenvalue weighted by atomic mass is 16.3. The second-order valence-corrected chi connectivity index (χ2v) is 14.8. The lowest BCUT2D eigenvalue weighted by atomic mass is 9.82. The lowest BCUT2D eigenvalue weighted by Crippen LogP contribution is -2.17. The zero-order valence-electron chi connectivity index (χ0n) is 31.1. The Balaban J connectivity index is 1.10. The normalized spacial score (nSPS) is 19.1. The number of rotatable bonds is 7. The molecule has 0 saturated heterocycles. The van der Waals surface area contributed by atoms with Gasteiger partial charge in [0.05, 0.1) is 17.4 Å². The summed E-state index contributed by atoms with van der Waals surface area (Å²) in [5.41, 5.74) is 11.7. The Morgan fingerprint density at radius 2 is 1.34 bits per heavy atom. The van der Waals surface area contributed by atoms with Gasteiger partial charge < -0.3 is 9.32 Å². The predicted molar refractivity (Wildman–Crippen MR) is 233 cm³/mol. The van der Waals surface area contributed by atoms with E-state index in [-0.39, 0.29) is 6.04 Å². The molecule has 0 fully saturated rings. The molecule has 0 radical (unpaired) electrons. The standard InChI is InChI=1S/C52H41N3O/c1-4-17-37(18-5-1)43-24-12-13-28-48(43)55(41-22-8-3-9-23-41)42-32-33-45-50(35-42)56-49-29-14-25-44(51(45)49)47-27-15-26-46(38-19-6-2-7-20-38)53-52(54-47)40-31-30-36-16-10-11-21-39(36)34-40/h1-14,16-25,28-36,39,46H,15,26-27H2. The van der Waals surface area contributed by atoms with Gasteiger partial charge in [0.25, 0.3) is 0 Å². The second-order valence-electron chi connectivity index (χ2n) is 14.8. The van der Waals surface area contributed by atoms with Crippen LogP contribution in [0.5, 0.6) is 0 Å². The average molecular weight is 724 g/mol. The van der Waals surface area contributed by atoms with E-state index in [0.29, 0.717) is 11.8 Å². The first kappa shape index (κ1) is 33.8. The SMILES string of the molecule is C1=CC2C=CC(C3=NC(c4ccccc4)CCCC(c4cccc5oc6cc(N(c7ccccc7)c7ccccc7-c7ccccc7)ccc6c45)=N3)=CC2C=C1. The summed E-state index contributed by atoms with van der Waals surface area (Å²) in [6.45, 7) is 0. The van der Waals surface area contributed by atoms with E-state index < -0.39 is 0 Å². The number of hydrogen-bond donors (Lipinski definition) is 0. The summed E-state index contributed by atoms with van der Waals surface area (Å²) >= 11 is 0. The van der Waals surface area contributed by atoms with Gasteiger partial charge in [-0.15, -0.1) is 0 Å². The lowest BCUT2D eigenvalue weighted by Gasteiger charge is -2.27. The van der Waals surface area contributed by atoms with Crippen molar-refractivity contribution in [2.75, 3.05) is 4.90 Å². The minimum atomic E-state index is 0.0499. The van der Waals surface area contributed by atoms with Crippen LogP contribution in [0.4, 0.5) is 17.1 Å². The molecule has 0 saturated carbocycles. The molecule has 56 heavy (non-hydrogen) atoms. The highest BCUT2D eigenvalue weighted by Gasteiger charge is 2.25. The highest BCUT2D eigenvalue weighted by molar-refractivity contribution is 6.22. The first-order chi connectivity index (χ1) is 27.8. The third kappa shape index (κ3) is 6.43. The fraction of sp³-hybridized carbons (Fsp3) is 0.115. The fourth-order valence-electron chi connectivity index (χ4n) is 8.49. The number of amidine groups is 1. The summed E-state index contributed by atoms with van der Waals surface area (Å²) in [6, 6.07) is 53.5. The maximum absolute atomic E-state index is 6.75. The molecule has 0 bridgehead atoms. The molecule has 7 aromatic rings. The molecular weight excluding hydrogens is 683 g/mol. The van der Waals surface area contributed by atoms with Crippen molar-refractivity contribution < 1.29 is 4.42 Å². The number of para-hydroxylation sites is 2. The van der Waals surface area contributed by atoms with Crippen LogP contribution in [0, 0.1) is 11.8 Å². The quantitative estimate of drug-likeness (QED) is 0.164. The van der Waals surface area contributed by atoms with Gasteiger partial charge in [-0.05, 0) is 66.8 Å². The molecule has 3 atom stereocenters. The van der Waals surface area contributed by atoms with Crippen LogP contribution < -0.4 is 4.90 Å². The highest BCUT2D eigenvalue weighted by Crippen LogP contribution is 2.43. The van der Waals surface area contributed by atoms with E-state index in [9.17, 15) is 0 Å². The maximum atomic E-state index is 6.75. The Labute approximate surface area is 327 Å². The molecule has 2 aliphatic carbocycles. The van der Waals surface area contributed by atoms with Crippen molar-refractivity contribution in [3.8, 4) is 11.1 Å². The van der Waals surface area contributed by atoms with E-state index >= 15 is 0 Å². The van der Waals surface area contributed by atoms with E-state index in [1.807, 2.05) is 0 Å². The molecule has 0 spiro atoms. The van der Waals surface area contributed by atoms with E-state index in [4.69, 9.17) is 14.4 Å².